The van der Waals surface area contributed by atoms with Crippen molar-refractivity contribution in [2.45, 2.75) is 19.5 Å². The van der Waals surface area contributed by atoms with E-state index in [-0.39, 0.29) is 18.6 Å². The van der Waals surface area contributed by atoms with Gasteiger partial charge in [0, 0.05) is 50.0 Å². The molecule has 2 aromatic rings. The van der Waals surface area contributed by atoms with Crippen LogP contribution < -0.4 is 19.7 Å². The van der Waals surface area contributed by atoms with Crippen molar-refractivity contribution < 1.29 is 19.2 Å². The number of aromatic nitrogens is 2. The van der Waals surface area contributed by atoms with Crippen LogP contribution in [0.15, 0.2) is 30.6 Å². The molecule has 26 heavy (non-hydrogen) atoms. The van der Waals surface area contributed by atoms with Gasteiger partial charge in [-0.1, -0.05) is 0 Å². The number of anilines is 1. The summed E-state index contributed by atoms with van der Waals surface area (Å²) in [5.41, 5.74) is 0.754. The number of carbonyl (C=O) groups excluding carboxylic acids is 1. The Morgan fingerprint density at radius 3 is 2.77 bits per heavy atom. The van der Waals surface area contributed by atoms with Crippen LogP contribution in [-0.2, 0) is 18.5 Å². The van der Waals surface area contributed by atoms with Crippen LogP contribution in [0.25, 0.3) is 0 Å². The smallest absolute Gasteiger partial charge is 0.231 e. The molecule has 1 fully saturated rings. The van der Waals surface area contributed by atoms with E-state index in [0.29, 0.717) is 5.75 Å². The van der Waals surface area contributed by atoms with Gasteiger partial charge in [-0.2, -0.15) is 0 Å². The first-order valence-corrected chi connectivity index (χ1v) is 9.27. The minimum Gasteiger partial charge on any atom is -0.454 e. The number of imidazole rings is 1. The van der Waals surface area contributed by atoms with Gasteiger partial charge in [-0.3, -0.25) is 9.36 Å². The summed E-state index contributed by atoms with van der Waals surface area (Å²) >= 11 is 5.40. The van der Waals surface area contributed by atoms with Gasteiger partial charge in [0.15, 0.2) is 22.9 Å². The standard InChI is InChI=1S/C18H22N4O3S/c1-20-8-9-22(18(20)26)11-21-6-4-13(5-7-21)17(23)19-14-2-3-15-16(10-14)25-12-24-15/h2-3,8-10,13H,4-7,11-12H2,1H3,(H,19,23)/p+1. The van der Waals surface area contributed by atoms with E-state index in [2.05, 4.69) is 9.88 Å². The third-order valence-corrected chi connectivity index (χ3v) is 5.64. The van der Waals surface area contributed by atoms with Crippen molar-refractivity contribution >= 4 is 23.8 Å². The van der Waals surface area contributed by atoms with Gasteiger partial charge in [0.1, 0.15) is 0 Å². The lowest BCUT2D eigenvalue weighted by Gasteiger charge is -2.28. The molecule has 0 atom stereocenters. The van der Waals surface area contributed by atoms with E-state index >= 15 is 0 Å². The number of aryl methyl sites for hydroxylation is 1. The van der Waals surface area contributed by atoms with E-state index in [4.69, 9.17) is 21.7 Å². The summed E-state index contributed by atoms with van der Waals surface area (Å²) in [5.74, 6) is 1.54. The molecule has 2 N–H and O–H groups in total. The first-order chi connectivity index (χ1) is 12.6. The predicted octanol–water partition coefficient (Wildman–Crippen LogP) is 1.18. The molecular weight excluding hydrogens is 352 g/mol. The highest BCUT2D eigenvalue weighted by Gasteiger charge is 2.28. The Hall–Kier alpha value is -2.32. The third-order valence-electron chi connectivity index (χ3n) is 5.12. The number of quaternary nitrogens is 1. The number of ether oxygens (including phenoxy) is 2. The zero-order valence-corrected chi connectivity index (χ0v) is 15.6. The monoisotopic (exact) mass is 375 g/mol. The third kappa shape index (κ3) is 3.47. The summed E-state index contributed by atoms with van der Waals surface area (Å²) in [5, 5.41) is 3.01. The number of likely N-dealkylation sites (tertiary alicyclic amines) is 1. The highest BCUT2D eigenvalue weighted by molar-refractivity contribution is 7.71. The Balaban J connectivity index is 1.31. The molecule has 2 aliphatic heterocycles. The molecule has 2 aliphatic rings. The highest BCUT2D eigenvalue weighted by Crippen LogP contribution is 2.34. The molecule has 7 nitrogen and oxygen atoms in total. The molecular formula is C18H23N4O3S+. The fraction of sp³-hybridized carbons (Fsp3) is 0.444. The quantitative estimate of drug-likeness (QED) is 0.788. The van der Waals surface area contributed by atoms with Gasteiger partial charge in [0.25, 0.3) is 0 Å². The largest absolute Gasteiger partial charge is 0.454 e. The topological polar surface area (TPSA) is 61.9 Å². The summed E-state index contributed by atoms with van der Waals surface area (Å²) < 4.78 is 15.5. The minimum atomic E-state index is 0.0490. The average Bonchev–Trinajstić information content (AvgIpc) is 3.23. The van der Waals surface area contributed by atoms with Crippen molar-refractivity contribution in [2.75, 3.05) is 25.2 Å². The average molecular weight is 375 g/mol. The normalized spacial score (nSPS) is 21.6. The van der Waals surface area contributed by atoms with Crippen molar-refractivity contribution in [3.8, 4) is 11.5 Å². The second-order valence-electron chi connectivity index (χ2n) is 6.90. The molecule has 0 unspecified atom stereocenters. The number of rotatable bonds is 4. The molecule has 0 aliphatic carbocycles. The van der Waals surface area contributed by atoms with E-state index < -0.39 is 0 Å². The lowest BCUT2D eigenvalue weighted by molar-refractivity contribution is -0.928. The van der Waals surface area contributed by atoms with E-state index in [0.717, 1.165) is 48.8 Å². The molecule has 1 aromatic carbocycles. The van der Waals surface area contributed by atoms with Crippen LogP contribution in [0.2, 0.25) is 0 Å². The molecule has 4 rings (SSSR count). The molecule has 0 spiro atoms. The molecule has 1 amide bonds. The lowest BCUT2D eigenvalue weighted by Crippen LogP contribution is -3.12. The van der Waals surface area contributed by atoms with Gasteiger partial charge in [0.2, 0.25) is 12.7 Å². The van der Waals surface area contributed by atoms with Crippen molar-refractivity contribution in [1.29, 1.82) is 0 Å². The molecule has 8 heteroatoms. The van der Waals surface area contributed by atoms with Crippen molar-refractivity contribution in [2.24, 2.45) is 13.0 Å². The number of hydrogen-bond acceptors (Lipinski definition) is 4. The van der Waals surface area contributed by atoms with Crippen LogP contribution in [0.3, 0.4) is 0 Å². The number of benzene rings is 1. The van der Waals surface area contributed by atoms with Gasteiger partial charge < -0.3 is 24.3 Å². The Morgan fingerprint density at radius 2 is 2.04 bits per heavy atom. The maximum Gasteiger partial charge on any atom is 0.231 e. The highest BCUT2D eigenvalue weighted by atomic mass is 32.1. The Bertz CT molecular complexity index is 868. The predicted molar refractivity (Wildman–Crippen MR) is 98.9 cm³/mol. The minimum absolute atomic E-state index is 0.0490. The Labute approximate surface area is 157 Å². The van der Waals surface area contributed by atoms with Crippen molar-refractivity contribution in [3.05, 3.63) is 35.4 Å². The summed E-state index contributed by atoms with van der Waals surface area (Å²) in [4.78, 5) is 14.0. The van der Waals surface area contributed by atoms with Crippen LogP contribution in [0, 0.1) is 10.7 Å². The fourth-order valence-corrected chi connectivity index (χ4v) is 3.72. The zero-order valence-electron chi connectivity index (χ0n) is 14.7. The zero-order chi connectivity index (χ0) is 18.1. The SMILES string of the molecule is Cn1ccn(C[NH+]2CCC(C(=O)Nc3ccc4c(c3)OCO4)CC2)c1=S. The number of nitrogens with one attached hydrogen (secondary N) is 2. The van der Waals surface area contributed by atoms with Crippen LogP contribution in [0.4, 0.5) is 5.69 Å². The van der Waals surface area contributed by atoms with Crippen LogP contribution in [0.1, 0.15) is 12.8 Å². The van der Waals surface area contributed by atoms with Crippen LogP contribution >= 0.6 is 12.2 Å². The number of amides is 1. The maximum atomic E-state index is 12.6. The Morgan fingerprint density at radius 1 is 1.27 bits per heavy atom. The van der Waals surface area contributed by atoms with Crippen molar-refractivity contribution in [3.63, 3.8) is 0 Å². The molecule has 0 bridgehead atoms. The molecule has 1 saturated heterocycles. The molecule has 0 radical (unpaired) electrons. The van der Waals surface area contributed by atoms with Gasteiger partial charge in [0.05, 0.1) is 13.1 Å². The number of carbonyl (C=O) groups is 1. The Kier molecular flexibility index (Phi) is 4.69. The van der Waals surface area contributed by atoms with Gasteiger partial charge >= 0.3 is 0 Å². The second kappa shape index (κ2) is 7.13. The summed E-state index contributed by atoms with van der Waals surface area (Å²) in [6.07, 6.45) is 5.76. The lowest BCUT2D eigenvalue weighted by atomic mass is 9.96. The summed E-state index contributed by atoms with van der Waals surface area (Å²) in [7, 11) is 1.96. The number of fused-ring (bicyclic) bond motifs is 1. The summed E-state index contributed by atoms with van der Waals surface area (Å²) in [6.45, 7) is 3.03. The number of nitrogens with zero attached hydrogens (tertiary/aromatic N) is 2. The van der Waals surface area contributed by atoms with Gasteiger partial charge in [-0.25, -0.2) is 0 Å². The number of hydrogen-bond donors (Lipinski definition) is 2. The van der Waals surface area contributed by atoms with E-state index in [1.54, 1.807) is 0 Å². The first kappa shape index (κ1) is 17.1. The van der Waals surface area contributed by atoms with Gasteiger partial charge in [-0.15, -0.1) is 0 Å². The number of piperidine rings is 1. The van der Waals surface area contributed by atoms with Gasteiger partial charge in [-0.05, 0) is 24.4 Å². The van der Waals surface area contributed by atoms with E-state index in [9.17, 15) is 4.79 Å². The second-order valence-corrected chi connectivity index (χ2v) is 7.27. The summed E-state index contributed by atoms with van der Waals surface area (Å²) in [6, 6.07) is 5.49. The van der Waals surface area contributed by atoms with E-state index in [1.807, 2.05) is 42.2 Å². The molecule has 0 saturated carbocycles. The van der Waals surface area contributed by atoms with Crippen LogP contribution in [-0.4, -0.2) is 34.9 Å². The molecule has 1 aromatic heterocycles. The first-order valence-electron chi connectivity index (χ1n) is 8.86. The van der Waals surface area contributed by atoms with E-state index in [1.165, 1.54) is 4.90 Å². The molecule has 3 heterocycles. The van der Waals surface area contributed by atoms with Crippen LogP contribution in [0.5, 0.6) is 11.5 Å². The molecule has 138 valence electrons. The maximum absolute atomic E-state index is 12.6. The fourth-order valence-electron chi connectivity index (χ4n) is 3.54. The van der Waals surface area contributed by atoms with Crippen molar-refractivity contribution in [1.82, 2.24) is 9.13 Å².